The van der Waals surface area contributed by atoms with Crippen molar-refractivity contribution in [3.05, 3.63) is 62.4 Å². The molecule has 0 unspecified atom stereocenters. The van der Waals surface area contributed by atoms with Crippen LogP contribution in [0.2, 0.25) is 0 Å². The molecule has 0 saturated carbocycles. The van der Waals surface area contributed by atoms with Gasteiger partial charge in [-0.05, 0) is 19.1 Å². The minimum atomic E-state index is -0.576. The van der Waals surface area contributed by atoms with Gasteiger partial charge >= 0.3 is 0 Å². The average Bonchev–Trinajstić information content (AvgIpc) is 2.40. The molecule has 0 bridgehead atoms. The topological polar surface area (TPSA) is 78.4 Å². The second-order valence-electron chi connectivity index (χ2n) is 4.45. The van der Waals surface area contributed by atoms with Crippen molar-refractivity contribution < 1.29 is 14.1 Å². The van der Waals surface area contributed by atoms with E-state index < -0.39 is 16.8 Å². The molecule has 0 saturated heterocycles. The molecule has 2 aromatic rings. The van der Waals surface area contributed by atoms with Crippen LogP contribution < -0.4 is 10.5 Å². The number of nitrogens with zero attached hydrogens (tertiary/aromatic N) is 1. The molecule has 2 aromatic carbocycles. The van der Waals surface area contributed by atoms with Crippen LogP contribution in [-0.4, -0.2) is 4.92 Å². The summed E-state index contributed by atoms with van der Waals surface area (Å²) in [5, 5.41) is 10.8. The predicted octanol–water partition coefficient (Wildman–Crippen LogP) is 4.31. The summed E-state index contributed by atoms with van der Waals surface area (Å²) in [6.07, 6.45) is 0. The molecule has 0 amide bonds. The van der Waals surface area contributed by atoms with Crippen LogP contribution in [0.5, 0.6) is 11.5 Å². The lowest BCUT2D eigenvalue weighted by Crippen LogP contribution is -2.07. The van der Waals surface area contributed by atoms with E-state index in [0.29, 0.717) is 10.0 Å². The maximum Gasteiger partial charge on any atom is 0.274 e. The number of halogens is 2. The highest BCUT2D eigenvalue weighted by atomic mass is 79.9. The zero-order valence-electron chi connectivity index (χ0n) is 11.0. The lowest BCUT2D eigenvalue weighted by Gasteiger charge is -2.14. The van der Waals surface area contributed by atoms with Gasteiger partial charge in [-0.1, -0.05) is 28.1 Å². The summed E-state index contributed by atoms with van der Waals surface area (Å²) < 4.78 is 19.9. The summed E-state index contributed by atoms with van der Waals surface area (Å²) in [5.41, 5.74) is 6.11. The standard InChI is InChI=1S/C14H12BrFN2O3/c1-8(17)12-3-2-4-13(16)14(12)21-11-6-9(15)5-10(7-11)18(19)20/h2-8H,17H2,1H3/t8-/m0/s1. The Labute approximate surface area is 128 Å². The molecule has 0 fully saturated rings. The third kappa shape index (κ3) is 3.56. The molecule has 2 N–H and O–H groups in total. The van der Waals surface area contributed by atoms with Gasteiger partial charge in [0.25, 0.3) is 5.69 Å². The molecule has 7 heteroatoms. The Morgan fingerprint density at radius 1 is 1.38 bits per heavy atom. The van der Waals surface area contributed by atoms with Crippen LogP contribution in [0.4, 0.5) is 10.1 Å². The second-order valence-corrected chi connectivity index (χ2v) is 5.37. The van der Waals surface area contributed by atoms with Gasteiger partial charge in [0.1, 0.15) is 5.75 Å². The van der Waals surface area contributed by atoms with E-state index in [4.69, 9.17) is 10.5 Å². The Balaban J connectivity index is 2.45. The lowest BCUT2D eigenvalue weighted by atomic mass is 10.1. The first kappa shape index (κ1) is 15.4. The fourth-order valence-corrected chi connectivity index (χ4v) is 2.28. The van der Waals surface area contributed by atoms with Crippen molar-refractivity contribution in [1.82, 2.24) is 0 Å². The number of nitro groups is 1. The molecular weight excluding hydrogens is 343 g/mol. The highest BCUT2D eigenvalue weighted by Gasteiger charge is 2.16. The molecular formula is C14H12BrFN2O3. The van der Waals surface area contributed by atoms with Gasteiger partial charge in [-0.15, -0.1) is 0 Å². The first-order valence-electron chi connectivity index (χ1n) is 6.05. The van der Waals surface area contributed by atoms with Gasteiger partial charge in [-0.25, -0.2) is 4.39 Å². The SMILES string of the molecule is C[C@H](N)c1cccc(F)c1Oc1cc(Br)cc([N+](=O)[O-])c1. The fourth-order valence-electron chi connectivity index (χ4n) is 1.82. The van der Waals surface area contributed by atoms with Crippen LogP contribution in [0, 0.1) is 15.9 Å². The highest BCUT2D eigenvalue weighted by molar-refractivity contribution is 9.10. The van der Waals surface area contributed by atoms with E-state index in [0.717, 1.165) is 0 Å². The van der Waals surface area contributed by atoms with E-state index in [1.807, 2.05) is 0 Å². The molecule has 0 aliphatic carbocycles. The molecule has 0 radical (unpaired) electrons. The van der Waals surface area contributed by atoms with Crippen LogP contribution in [0.3, 0.4) is 0 Å². The number of non-ortho nitro benzene ring substituents is 1. The Hall–Kier alpha value is -1.99. The van der Waals surface area contributed by atoms with Crippen LogP contribution in [-0.2, 0) is 0 Å². The fraction of sp³-hybridized carbons (Fsp3) is 0.143. The van der Waals surface area contributed by atoms with E-state index in [1.165, 1.54) is 30.3 Å². The first-order chi connectivity index (χ1) is 9.88. The number of hydrogen-bond acceptors (Lipinski definition) is 4. The second kappa shape index (κ2) is 6.19. The highest BCUT2D eigenvalue weighted by Crippen LogP contribution is 2.34. The number of nitrogens with two attached hydrogens (primary N) is 1. The number of rotatable bonds is 4. The molecule has 1 atom stereocenters. The first-order valence-corrected chi connectivity index (χ1v) is 6.84. The van der Waals surface area contributed by atoms with Crippen LogP contribution in [0.1, 0.15) is 18.5 Å². The summed E-state index contributed by atoms with van der Waals surface area (Å²) in [5.74, 6) is -0.449. The van der Waals surface area contributed by atoms with Crippen molar-refractivity contribution in [3.63, 3.8) is 0 Å². The van der Waals surface area contributed by atoms with Crippen LogP contribution in [0.25, 0.3) is 0 Å². The van der Waals surface area contributed by atoms with Gasteiger partial charge in [0.05, 0.1) is 11.0 Å². The number of ether oxygens (including phenoxy) is 1. The molecule has 0 heterocycles. The van der Waals surface area contributed by atoms with Gasteiger partial charge in [0.2, 0.25) is 0 Å². The normalized spacial score (nSPS) is 12.0. The van der Waals surface area contributed by atoms with E-state index in [9.17, 15) is 14.5 Å². The Morgan fingerprint density at radius 2 is 2.10 bits per heavy atom. The zero-order valence-corrected chi connectivity index (χ0v) is 12.6. The van der Waals surface area contributed by atoms with Crippen molar-refractivity contribution in [2.75, 3.05) is 0 Å². The third-order valence-corrected chi connectivity index (χ3v) is 3.23. The van der Waals surface area contributed by atoms with Gasteiger partial charge in [-0.2, -0.15) is 0 Å². The van der Waals surface area contributed by atoms with E-state index in [1.54, 1.807) is 13.0 Å². The zero-order chi connectivity index (χ0) is 15.6. The van der Waals surface area contributed by atoms with Crippen LogP contribution in [0.15, 0.2) is 40.9 Å². The minimum absolute atomic E-state index is 0.0279. The van der Waals surface area contributed by atoms with Gasteiger partial charge in [-0.3, -0.25) is 10.1 Å². The number of hydrogen-bond donors (Lipinski definition) is 1. The summed E-state index contributed by atoms with van der Waals surface area (Å²) in [4.78, 5) is 10.3. The number of para-hydroxylation sites is 1. The summed E-state index contributed by atoms with van der Waals surface area (Å²) in [6, 6.07) is 8.07. The molecule has 0 aliphatic heterocycles. The predicted molar refractivity (Wildman–Crippen MR) is 79.9 cm³/mol. The summed E-state index contributed by atoms with van der Waals surface area (Å²) >= 11 is 3.16. The third-order valence-electron chi connectivity index (χ3n) is 2.77. The lowest BCUT2D eigenvalue weighted by molar-refractivity contribution is -0.385. The van der Waals surface area contributed by atoms with Crippen molar-refractivity contribution in [3.8, 4) is 11.5 Å². The van der Waals surface area contributed by atoms with E-state index in [2.05, 4.69) is 15.9 Å². The molecule has 0 aromatic heterocycles. The Kier molecular flexibility index (Phi) is 4.54. The van der Waals surface area contributed by atoms with Crippen molar-refractivity contribution >= 4 is 21.6 Å². The van der Waals surface area contributed by atoms with Crippen LogP contribution >= 0.6 is 15.9 Å². The largest absolute Gasteiger partial charge is 0.454 e. The van der Waals surface area contributed by atoms with E-state index >= 15 is 0 Å². The van der Waals surface area contributed by atoms with Crippen molar-refractivity contribution in [1.29, 1.82) is 0 Å². The Bertz CT molecular complexity index is 692. The van der Waals surface area contributed by atoms with Crippen molar-refractivity contribution in [2.24, 2.45) is 5.73 Å². The molecule has 2 rings (SSSR count). The van der Waals surface area contributed by atoms with Gasteiger partial charge in [0, 0.05) is 22.1 Å². The minimum Gasteiger partial charge on any atom is -0.454 e. The summed E-state index contributed by atoms with van der Waals surface area (Å²) in [7, 11) is 0. The van der Waals surface area contributed by atoms with Crippen molar-refractivity contribution in [2.45, 2.75) is 13.0 Å². The number of benzene rings is 2. The van der Waals surface area contributed by atoms with E-state index in [-0.39, 0.29) is 17.2 Å². The number of nitro benzene ring substituents is 1. The van der Waals surface area contributed by atoms with Gasteiger partial charge < -0.3 is 10.5 Å². The monoisotopic (exact) mass is 354 g/mol. The molecule has 0 spiro atoms. The Morgan fingerprint density at radius 3 is 2.71 bits per heavy atom. The molecule has 5 nitrogen and oxygen atoms in total. The van der Waals surface area contributed by atoms with Gasteiger partial charge in [0.15, 0.2) is 11.6 Å². The smallest absolute Gasteiger partial charge is 0.274 e. The maximum absolute atomic E-state index is 13.9. The summed E-state index contributed by atoms with van der Waals surface area (Å²) in [6.45, 7) is 1.70. The molecule has 110 valence electrons. The quantitative estimate of drug-likeness (QED) is 0.655. The average molecular weight is 355 g/mol. The molecule has 0 aliphatic rings. The molecule has 21 heavy (non-hydrogen) atoms. The maximum atomic E-state index is 13.9.